The van der Waals surface area contributed by atoms with Crippen LogP contribution in [0.2, 0.25) is 0 Å². The van der Waals surface area contributed by atoms with Gasteiger partial charge in [-0.2, -0.15) is 0 Å². The zero-order valence-corrected chi connectivity index (χ0v) is 24.1. The van der Waals surface area contributed by atoms with Crippen molar-refractivity contribution in [1.29, 1.82) is 0 Å². The van der Waals surface area contributed by atoms with E-state index < -0.39 is 0 Å². The molecule has 0 radical (unpaired) electrons. The van der Waals surface area contributed by atoms with Crippen LogP contribution in [0, 0.1) is 0 Å². The fourth-order valence-corrected chi connectivity index (χ4v) is 4.84. The van der Waals surface area contributed by atoms with E-state index in [0.29, 0.717) is 38.9 Å². The molecule has 1 heterocycles. The predicted octanol–water partition coefficient (Wildman–Crippen LogP) is 6.03. The van der Waals surface area contributed by atoms with Gasteiger partial charge in [0.15, 0.2) is 0 Å². The summed E-state index contributed by atoms with van der Waals surface area (Å²) in [7, 11) is 0. The summed E-state index contributed by atoms with van der Waals surface area (Å²) in [5, 5.41) is 2.76. The standard InChI is InChI=1S/C30H57N3O4/c1-3-4-5-6-7-8-9-10-11-12-13-14-15-16-17-18-29(35)33-24-22-27(25-33)37-30(36)20-19-28(34)32-23-21-26(2)31/h26-27H,3-25,31H2,1-2H3,(H,32,34). The summed E-state index contributed by atoms with van der Waals surface area (Å²) in [4.78, 5) is 38.2. The van der Waals surface area contributed by atoms with Crippen LogP contribution in [0.15, 0.2) is 0 Å². The molecule has 0 bridgehead atoms. The molecule has 0 saturated carbocycles. The molecule has 2 atom stereocenters. The fraction of sp³-hybridized carbons (Fsp3) is 0.900. The van der Waals surface area contributed by atoms with Gasteiger partial charge in [0.25, 0.3) is 0 Å². The fourth-order valence-electron chi connectivity index (χ4n) is 4.84. The number of unbranched alkanes of at least 4 members (excludes halogenated alkanes) is 14. The van der Waals surface area contributed by atoms with Gasteiger partial charge in [-0.15, -0.1) is 0 Å². The normalized spacial score (nSPS) is 16.1. The van der Waals surface area contributed by atoms with Crippen molar-refractivity contribution in [3.8, 4) is 0 Å². The lowest BCUT2D eigenvalue weighted by Crippen LogP contribution is -2.31. The van der Waals surface area contributed by atoms with Crippen LogP contribution in [0.4, 0.5) is 0 Å². The van der Waals surface area contributed by atoms with Gasteiger partial charge in [-0.3, -0.25) is 14.4 Å². The van der Waals surface area contributed by atoms with Crippen molar-refractivity contribution in [3.63, 3.8) is 0 Å². The van der Waals surface area contributed by atoms with Gasteiger partial charge in [0.2, 0.25) is 11.8 Å². The van der Waals surface area contributed by atoms with Gasteiger partial charge in [0, 0.05) is 38.4 Å². The highest BCUT2D eigenvalue weighted by molar-refractivity contribution is 5.81. The molecular weight excluding hydrogens is 466 g/mol. The summed E-state index contributed by atoms with van der Waals surface area (Å²) in [6.45, 7) is 5.80. The van der Waals surface area contributed by atoms with E-state index in [1.165, 1.54) is 83.5 Å². The molecule has 216 valence electrons. The lowest BCUT2D eigenvalue weighted by atomic mass is 10.0. The number of rotatable bonds is 23. The third-order valence-electron chi connectivity index (χ3n) is 7.27. The monoisotopic (exact) mass is 523 g/mol. The van der Waals surface area contributed by atoms with Crippen molar-refractivity contribution in [2.75, 3.05) is 19.6 Å². The molecule has 1 aliphatic heterocycles. The third kappa shape index (κ3) is 19.1. The molecule has 0 spiro atoms. The minimum absolute atomic E-state index is 0.0394. The van der Waals surface area contributed by atoms with E-state index in [4.69, 9.17) is 10.5 Å². The van der Waals surface area contributed by atoms with Crippen LogP contribution in [0.5, 0.6) is 0 Å². The lowest BCUT2D eigenvalue weighted by Gasteiger charge is -2.16. The van der Waals surface area contributed by atoms with E-state index in [9.17, 15) is 14.4 Å². The summed E-state index contributed by atoms with van der Waals surface area (Å²) in [6.07, 6.45) is 21.6. The maximum atomic E-state index is 12.5. The topological polar surface area (TPSA) is 102 Å². The van der Waals surface area contributed by atoms with E-state index in [0.717, 1.165) is 12.8 Å². The molecule has 1 rings (SSSR count). The average molecular weight is 524 g/mol. The van der Waals surface area contributed by atoms with E-state index >= 15 is 0 Å². The number of nitrogens with zero attached hydrogens (tertiary/aromatic N) is 1. The van der Waals surface area contributed by atoms with Crippen LogP contribution in [0.1, 0.15) is 142 Å². The number of esters is 1. The van der Waals surface area contributed by atoms with E-state index in [1.807, 2.05) is 11.8 Å². The Hall–Kier alpha value is -1.63. The average Bonchev–Trinajstić information content (AvgIpc) is 3.33. The Morgan fingerprint density at radius 3 is 1.92 bits per heavy atom. The number of carbonyl (C=O) groups excluding carboxylic acids is 3. The van der Waals surface area contributed by atoms with Gasteiger partial charge in [0.05, 0.1) is 13.0 Å². The molecule has 1 fully saturated rings. The minimum Gasteiger partial charge on any atom is -0.460 e. The highest BCUT2D eigenvalue weighted by Crippen LogP contribution is 2.17. The molecule has 3 N–H and O–H groups in total. The first-order valence-electron chi connectivity index (χ1n) is 15.4. The highest BCUT2D eigenvalue weighted by atomic mass is 16.5. The Morgan fingerprint density at radius 2 is 1.38 bits per heavy atom. The first-order chi connectivity index (χ1) is 17.9. The van der Waals surface area contributed by atoms with E-state index in [1.54, 1.807) is 0 Å². The molecule has 2 unspecified atom stereocenters. The zero-order chi connectivity index (χ0) is 27.1. The lowest BCUT2D eigenvalue weighted by molar-refractivity contribution is -0.150. The van der Waals surface area contributed by atoms with Crippen LogP contribution in [-0.2, 0) is 19.1 Å². The summed E-state index contributed by atoms with van der Waals surface area (Å²) in [5.74, 6) is -0.366. The van der Waals surface area contributed by atoms with Gasteiger partial charge < -0.3 is 20.7 Å². The quantitative estimate of drug-likeness (QED) is 0.126. The first-order valence-corrected chi connectivity index (χ1v) is 15.4. The molecule has 0 aromatic carbocycles. The van der Waals surface area contributed by atoms with Crippen molar-refractivity contribution >= 4 is 17.8 Å². The second kappa shape index (κ2) is 22.4. The van der Waals surface area contributed by atoms with Crippen molar-refractivity contribution in [2.45, 2.75) is 154 Å². The molecule has 0 aromatic rings. The van der Waals surface area contributed by atoms with Crippen LogP contribution in [0.25, 0.3) is 0 Å². The van der Waals surface area contributed by atoms with Gasteiger partial charge in [-0.25, -0.2) is 0 Å². The first kappa shape index (κ1) is 33.4. The van der Waals surface area contributed by atoms with Crippen molar-refractivity contribution in [2.24, 2.45) is 5.73 Å². The molecule has 7 heteroatoms. The Kier molecular flexibility index (Phi) is 20.2. The van der Waals surface area contributed by atoms with Crippen LogP contribution >= 0.6 is 0 Å². The molecule has 2 amide bonds. The van der Waals surface area contributed by atoms with Crippen LogP contribution in [-0.4, -0.2) is 54.5 Å². The van der Waals surface area contributed by atoms with Gasteiger partial charge in [-0.1, -0.05) is 96.8 Å². The maximum Gasteiger partial charge on any atom is 0.306 e. The summed E-state index contributed by atoms with van der Waals surface area (Å²) < 4.78 is 5.48. The Bertz CT molecular complexity index is 612. The minimum atomic E-state index is -0.371. The number of carbonyl (C=O) groups is 3. The van der Waals surface area contributed by atoms with Crippen molar-refractivity contribution < 1.29 is 19.1 Å². The highest BCUT2D eigenvalue weighted by Gasteiger charge is 2.28. The predicted molar refractivity (Wildman–Crippen MR) is 151 cm³/mol. The van der Waals surface area contributed by atoms with E-state index in [-0.39, 0.29) is 42.8 Å². The SMILES string of the molecule is CCCCCCCCCCCCCCCCCC(=O)N1CCC(OC(=O)CCC(=O)NCCC(C)N)C1. The molecule has 0 aromatic heterocycles. The van der Waals surface area contributed by atoms with Crippen LogP contribution < -0.4 is 11.1 Å². The Balaban J connectivity index is 1.95. The summed E-state index contributed by atoms with van der Waals surface area (Å²) in [5.41, 5.74) is 5.65. The summed E-state index contributed by atoms with van der Waals surface area (Å²) >= 11 is 0. The zero-order valence-electron chi connectivity index (χ0n) is 24.1. The summed E-state index contributed by atoms with van der Waals surface area (Å²) in [6, 6.07) is 0.0394. The molecular formula is C30H57N3O4. The number of hydrogen-bond donors (Lipinski definition) is 2. The van der Waals surface area contributed by atoms with Crippen molar-refractivity contribution in [3.05, 3.63) is 0 Å². The maximum absolute atomic E-state index is 12.5. The number of hydrogen-bond acceptors (Lipinski definition) is 5. The second-order valence-corrected chi connectivity index (χ2v) is 11.1. The number of nitrogens with two attached hydrogens (primary N) is 1. The molecule has 1 aliphatic rings. The third-order valence-corrected chi connectivity index (χ3v) is 7.27. The Morgan fingerprint density at radius 1 is 0.838 bits per heavy atom. The molecule has 7 nitrogen and oxygen atoms in total. The van der Waals surface area contributed by atoms with Gasteiger partial charge >= 0.3 is 5.97 Å². The number of ether oxygens (including phenoxy) is 1. The number of nitrogens with one attached hydrogen (secondary N) is 1. The van der Waals surface area contributed by atoms with Gasteiger partial charge in [-0.05, 0) is 19.8 Å². The smallest absolute Gasteiger partial charge is 0.306 e. The Labute approximate surface area is 227 Å². The van der Waals surface area contributed by atoms with Crippen molar-refractivity contribution in [1.82, 2.24) is 10.2 Å². The molecule has 0 aliphatic carbocycles. The molecule has 1 saturated heterocycles. The number of amides is 2. The van der Waals surface area contributed by atoms with Gasteiger partial charge in [0.1, 0.15) is 6.10 Å². The largest absolute Gasteiger partial charge is 0.460 e. The van der Waals surface area contributed by atoms with E-state index in [2.05, 4.69) is 12.2 Å². The second-order valence-electron chi connectivity index (χ2n) is 11.1. The molecule has 37 heavy (non-hydrogen) atoms. The van der Waals surface area contributed by atoms with Crippen LogP contribution in [0.3, 0.4) is 0 Å². The number of likely N-dealkylation sites (tertiary alicyclic amines) is 1.